The topological polar surface area (TPSA) is 108 Å². The zero-order valence-corrected chi connectivity index (χ0v) is 19.3. The van der Waals surface area contributed by atoms with E-state index in [0.29, 0.717) is 29.5 Å². The maximum Gasteiger partial charge on any atom is 0.255 e. The predicted octanol–water partition coefficient (Wildman–Crippen LogP) is 4.16. The third kappa shape index (κ3) is 4.56. The molecule has 2 aliphatic rings. The number of benzene rings is 2. The van der Waals surface area contributed by atoms with E-state index < -0.39 is 10.0 Å². The van der Waals surface area contributed by atoms with Crippen molar-refractivity contribution in [2.45, 2.75) is 55.9 Å². The highest BCUT2D eigenvalue weighted by atomic mass is 32.2. The van der Waals surface area contributed by atoms with Crippen LogP contribution >= 0.6 is 0 Å². The van der Waals surface area contributed by atoms with Crippen molar-refractivity contribution in [3.63, 3.8) is 0 Å². The molecular formula is C24H27N5O3S. The van der Waals surface area contributed by atoms with Gasteiger partial charge in [0.25, 0.3) is 5.91 Å². The summed E-state index contributed by atoms with van der Waals surface area (Å²) in [5, 5.41) is 10.1. The van der Waals surface area contributed by atoms with E-state index in [0.717, 1.165) is 43.5 Å². The molecule has 0 radical (unpaired) electrons. The summed E-state index contributed by atoms with van der Waals surface area (Å²) in [6.07, 6.45) is 5.11. The minimum atomic E-state index is -3.56. The third-order valence-electron chi connectivity index (χ3n) is 6.33. The molecule has 0 bridgehead atoms. The van der Waals surface area contributed by atoms with Crippen LogP contribution < -0.4 is 5.32 Å². The monoisotopic (exact) mass is 465 g/mol. The lowest BCUT2D eigenvalue weighted by Crippen LogP contribution is -2.41. The van der Waals surface area contributed by atoms with Crippen LogP contribution in [0.15, 0.2) is 53.4 Å². The summed E-state index contributed by atoms with van der Waals surface area (Å²) < 4.78 is 27.5. The average Bonchev–Trinajstić information content (AvgIpc) is 3.56. The number of hydrogen-bond acceptors (Lipinski definition) is 5. The number of rotatable bonds is 6. The van der Waals surface area contributed by atoms with Crippen molar-refractivity contribution in [1.82, 2.24) is 19.5 Å². The number of hydrogen-bond donors (Lipinski definition) is 2. The highest BCUT2D eigenvalue weighted by molar-refractivity contribution is 7.89. The Morgan fingerprint density at radius 3 is 2.42 bits per heavy atom. The summed E-state index contributed by atoms with van der Waals surface area (Å²) >= 11 is 0. The fourth-order valence-corrected chi connectivity index (χ4v) is 5.89. The molecule has 33 heavy (non-hydrogen) atoms. The average molecular weight is 466 g/mol. The molecule has 0 spiro atoms. The van der Waals surface area contributed by atoms with E-state index in [-0.39, 0.29) is 16.8 Å². The smallest absolute Gasteiger partial charge is 0.255 e. The number of aromatic amines is 1. The first kappa shape index (κ1) is 21.8. The maximum atomic E-state index is 13.0. The molecule has 1 amide bonds. The largest absolute Gasteiger partial charge is 0.322 e. The second-order valence-electron chi connectivity index (χ2n) is 8.83. The van der Waals surface area contributed by atoms with Crippen LogP contribution in [-0.4, -0.2) is 46.4 Å². The van der Waals surface area contributed by atoms with Crippen LogP contribution in [0.2, 0.25) is 0 Å². The molecule has 1 aliphatic heterocycles. The molecule has 8 nitrogen and oxygen atoms in total. The number of sulfonamides is 1. The molecule has 9 heteroatoms. The quantitative estimate of drug-likeness (QED) is 0.568. The molecule has 1 atom stereocenters. The highest BCUT2D eigenvalue weighted by Gasteiger charge is 2.31. The van der Waals surface area contributed by atoms with Gasteiger partial charge < -0.3 is 5.32 Å². The molecule has 2 aromatic carbocycles. The second-order valence-corrected chi connectivity index (χ2v) is 10.7. The lowest BCUT2D eigenvalue weighted by molar-refractivity contribution is 0.102. The van der Waals surface area contributed by atoms with Crippen LogP contribution in [0.25, 0.3) is 11.4 Å². The second kappa shape index (κ2) is 8.72. The number of H-pyrrole nitrogens is 1. The van der Waals surface area contributed by atoms with E-state index in [4.69, 9.17) is 0 Å². The molecule has 1 unspecified atom stereocenters. The molecule has 1 saturated heterocycles. The Morgan fingerprint density at radius 1 is 1.03 bits per heavy atom. The molecule has 5 rings (SSSR count). The number of anilines is 1. The van der Waals surface area contributed by atoms with Crippen LogP contribution in [0.3, 0.4) is 0 Å². The summed E-state index contributed by atoms with van der Waals surface area (Å²) in [5.41, 5.74) is 1.91. The van der Waals surface area contributed by atoms with Gasteiger partial charge in [0, 0.05) is 35.3 Å². The number of amides is 1. The van der Waals surface area contributed by atoms with Gasteiger partial charge in [-0.15, -0.1) is 0 Å². The van der Waals surface area contributed by atoms with E-state index in [9.17, 15) is 13.2 Å². The molecule has 3 aromatic rings. The van der Waals surface area contributed by atoms with Gasteiger partial charge in [0.2, 0.25) is 10.0 Å². The van der Waals surface area contributed by atoms with Crippen LogP contribution in [-0.2, 0) is 10.0 Å². The first-order valence-corrected chi connectivity index (χ1v) is 12.8. The lowest BCUT2D eigenvalue weighted by atomic mass is 10.1. The number of piperidine rings is 1. The van der Waals surface area contributed by atoms with Gasteiger partial charge in [0.05, 0.1) is 4.90 Å². The first-order chi connectivity index (χ1) is 15.9. The van der Waals surface area contributed by atoms with Crippen molar-refractivity contribution in [3.05, 3.63) is 59.9 Å². The Kier molecular flexibility index (Phi) is 5.76. The van der Waals surface area contributed by atoms with E-state index in [1.165, 1.54) is 12.1 Å². The molecule has 1 aromatic heterocycles. The summed E-state index contributed by atoms with van der Waals surface area (Å²) in [5.74, 6) is 1.79. The van der Waals surface area contributed by atoms with Gasteiger partial charge in [-0.3, -0.25) is 9.89 Å². The van der Waals surface area contributed by atoms with Gasteiger partial charge >= 0.3 is 0 Å². The summed E-state index contributed by atoms with van der Waals surface area (Å²) in [6.45, 7) is 2.48. The van der Waals surface area contributed by atoms with Crippen molar-refractivity contribution in [2.24, 2.45) is 0 Å². The Bertz CT molecular complexity index is 1250. The zero-order valence-electron chi connectivity index (χ0n) is 18.5. The predicted molar refractivity (Wildman–Crippen MR) is 125 cm³/mol. The fraction of sp³-hybridized carbons (Fsp3) is 0.375. The number of carbonyl (C=O) groups excluding carboxylic acids is 1. The van der Waals surface area contributed by atoms with Gasteiger partial charge in [-0.25, -0.2) is 13.4 Å². The standard InChI is InChI=1S/C24H27N5O3S/c1-16-4-2-3-15-29(16)33(31,32)21-13-9-19(10-14-21)24(30)25-20-11-7-18(8-12-20)23-26-22(27-28-23)17-5-6-17/h7-14,16-17H,2-6,15H2,1H3,(H,25,30)(H,26,27,28). The summed E-state index contributed by atoms with van der Waals surface area (Å²) in [4.78, 5) is 17.4. The van der Waals surface area contributed by atoms with Gasteiger partial charge in [0.1, 0.15) is 5.82 Å². The van der Waals surface area contributed by atoms with Crippen LogP contribution in [0.4, 0.5) is 5.69 Å². The van der Waals surface area contributed by atoms with Gasteiger partial charge in [-0.05, 0) is 81.1 Å². The van der Waals surface area contributed by atoms with E-state index in [1.807, 2.05) is 19.1 Å². The minimum absolute atomic E-state index is 0.00772. The SMILES string of the molecule is CC1CCCCN1S(=O)(=O)c1ccc(C(=O)Nc2ccc(-c3n[nH]c(C4CC4)n3)cc2)cc1. The molecular weight excluding hydrogens is 438 g/mol. The van der Waals surface area contributed by atoms with E-state index >= 15 is 0 Å². The highest BCUT2D eigenvalue weighted by Crippen LogP contribution is 2.38. The van der Waals surface area contributed by atoms with Gasteiger partial charge in [-0.2, -0.15) is 9.40 Å². The first-order valence-electron chi connectivity index (χ1n) is 11.4. The van der Waals surface area contributed by atoms with Crippen LogP contribution in [0.1, 0.15) is 61.1 Å². The summed E-state index contributed by atoms with van der Waals surface area (Å²) in [6, 6.07) is 13.5. The van der Waals surface area contributed by atoms with Gasteiger partial charge in [-0.1, -0.05) is 6.42 Å². The number of carbonyl (C=O) groups is 1. The van der Waals surface area contributed by atoms with Crippen molar-refractivity contribution in [3.8, 4) is 11.4 Å². The molecule has 2 fully saturated rings. The van der Waals surface area contributed by atoms with E-state index in [1.54, 1.807) is 28.6 Å². The number of aromatic nitrogens is 3. The molecule has 1 aliphatic carbocycles. The van der Waals surface area contributed by atoms with Crippen LogP contribution in [0.5, 0.6) is 0 Å². The normalized spacial score (nSPS) is 19.4. The number of nitrogens with one attached hydrogen (secondary N) is 2. The Labute approximate surface area is 193 Å². The Morgan fingerprint density at radius 2 is 1.76 bits per heavy atom. The maximum absolute atomic E-state index is 13.0. The van der Waals surface area contributed by atoms with E-state index in [2.05, 4.69) is 20.5 Å². The molecule has 1 saturated carbocycles. The Balaban J connectivity index is 1.25. The Hall–Kier alpha value is -3.04. The van der Waals surface area contributed by atoms with Crippen molar-refractivity contribution in [1.29, 1.82) is 0 Å². The third-order valence-corrected chi connectivity index (χ3v) is 8.36. The fourth-order valence-electron chi connectivity index (χ4n) is 4.19. The van der Waals surface area contributed by atoms with Crippen molar-refractivity contribution in [2.75, 3.05) is 11.9 Å². The van der Waals surface area contributed by atoms with Crippen molar-refractivity contribution < 1.29 is 13.2 Å². The summed E-state index contributed by atoms with van der Waals surface area (Å²) in [7, 11) is -3.56. The zero-order chi connectivity index (χ0) is 23.0. The van der Waals surface area contributed by atoms with Crippen molar-refractivity contribution >= 4 is 21.6 Å². The molecule has 172 valence electrons. The van der Waals surface area contributed by atoms with Gasteiger partial charge in [0.15, 0.2) is 5.82 Å². The minimum Gasteiger partial charge on any atom is -0.322 e. The molecule has 2 N–H and O–H groups in total. The van der Waals surface area contributed by atoms with Crippen LogP contribution in [0, 0.1) is 0 Å². The molecule has 2 heterocycles. The lowest BCUT2D eigenvalue weighted by Gasteiger charge is -2.32. The number of nitrogens with zero attached hydrogens (tertiary/aromatic N) is 3.